The van der Waals surface area contributed by atoms with Crippen LogP contribution < -0.4 is 0 Å². The van der Waals surface area contributed by atoms with Crippen LogP contribution in [-0.2, 0) is 32.2 Å². The molecule has 0 atom stereocenters. The van der Waals surface area contributed by atoms with Gasteiger partial charge in [-0.1, -0.05) is 60.7 Å². The summed E-state index contributed by atoms with van der Waals surface area (Å²) in [6, 6.07) is 22.7. The number of esters is 1. The Balaban J connectivity index is 1.84. The lowest BCUT2D eigenvalue weighted by Crippen LogP contribution is -2.10. The minimum Gasteiger partial charge on any atom is -0.507 e. The number of ether oxygens (including phenoxy) is 3. The SMILES string of the molecule is COCc1cc(/C=C/C(=O)OC(c2ccccc2)c2ccccc2)c(O)c(COC)c1. The number of phenolic OH excluding ortho intramolecular Hbond substituents is 1. The predicted molar refractivity (Wildman–Crippen MR) is 119 cm³/mol. The summed E-state index contributed by atoms with van der Waals surface area (Å²) in [5.74, 6) is -0.448. The fourth-order valence-corrected chi connectivity index (χ4v) is 3.33. The van der Waals surface area contributed by atoms with Gasteiger partial charge < -0.3 is 19.3 Å². The van der Waals surface area contributed by atoms with Gasteiger partial charge in [-0.05, 0) is 34.9 Å². The van der Waals surface area contributed by atoms with Gasteiger partial charge in [0.1, 0.15) is 5.75 Å². The van der Waals surface area contributed by atoms with Gasteiger partial charge in [0.25, 0.3) is 0 Å². The number of carbonyl (C=O) groups is 1. The number of hydrogen-bond donors (Lipinski definition) is 1. The van der Waals surface area contributed by atoms with Crippen LogP contribution in [0.1, 0.15) is 33.9 Å². The van der Waals surface area contributed by atoms with E-state index in [0.717, 1.165) is 16.7 Å². The first-order chi connectivity index (χ1) is 15.1. The number of phenols is 1. The fraction of sp³-hybridized carbons (Fsp3) is 0.192. The molecule has 0 radical (unpaired) electrons. The average Bonchev–Trinajstić information content (AvgIpc) is 2.80. The molecule has 0 saturated heterocycles. The second-order valence-electron chi connectivity index (χ2n) is 7.03. The third kappa shape index (κ3) is 6.04. The Bertz CT molecular complexity index is 973. The van der Waals surface area contributed by atoms with Crippen molar-refractivity contribution in [2.75, 3.05) is 14.2 Å². The molecule has 3 aromatic rings. The van der Waals surface area contributed by atoms with Crippen LogP contribution in [0.2, 0.25) is 0 Å². The van der Waals surface area contributed by atoms with E-state index in [-0.39, 0.29) is 12.4 Å². The Kier molecular flexibility index (Phi) is 7.98. The topological polar surface area (TPSA) is 65.0 Å². The first-order valence-electron chi connectivity index (χ1n) is 9.93. The van der Waals surface area contributed by atoms with E-state index >= 15 is 0 Å². The highest BCUT2D eigenvalue weighted by Crippen LogP contribution is 2.28. The molecule has 5 nitrogen and oxygen atoms in total. The number of aromatic hydroxyl groups is 1. The van der Waals surface area contributed by atoms with Crippen LogP contribution in [0.3, 0.4) is 0 Å². The summed E-state index contributed by atoms with van der Waals surface area (Å²) in [4.78, 5) is 12.7. The third-order valence-electron chi connectivity index (χ3n) is 4.73. The van der Waals surface area contributed by atoms with Gasteiger partial charge in [-0.25, -0.2) is 4.79 Å². The summed E-state index contributed by atoms with van der Waals surface area (Å²) in [7, 11) is 3.16. The molecule has 0 saturated carbocycles. The number of benzene rings is 3. The molecule has 0 aliphatic heterocycles. The highest BCUT2D eigenvalue weighted by molar-refractivity contribution is 5.88. The van der Waals surface area contributed by atoms with E-state index < -0.39 is 12.1 Å². The van der Waals surface area contributed by atoms with E-state index in [1.165, 1.54) is 6.08 Å². The molecule has 3 aromatic carbocycles. The van der Waals surface area contributed by atoms with Crippen molar-refractivity contribution < 1.29 is 24.1 Å². The van der Waals surface area contributed by atoms with Gasteiger partial charge in [0.15, 0.2) is 6.10 Å². The molecule has 31 heavy (non-hydrogen) atoms. The van der Waals surface area contributed by atoms with Crippen LogP contribution in [0.15, 0.2) is 78.9 Å². The maximum absolute atomic E-state index is 12.7. The van der Waals surface area contributed by atoms with Crippen molar-refractivity contribution in [1.29, 1.82) is 0 Å². The zero-order valence-corrected chi connectivity index (χ0v) is 17.7. The van der Waals surface area contributed by atoms with Crippen molar-refractivity contribution in [3.05, 3.63) is 107 Å². The molecule has 0 amide bonds. The standard InChI is InChI=1S/C26H26O5/c1-29-17-19-15-22(25(28)23(16-19)18-30-2)13-14-24(27)31-26(20-9-5-3-6-10-20)21-11-7-4-8-12-21/h3-16,26,28H,17-18H2,1-2H3/b14-13+. The summed E-state index contributed by atoms with van der Waals surface area (Å²) in [6.45, 7) is 0.630. The maximum Gasteiger partial charge on any atom is 0.331 e. The molecule has 0 aromatic heterocycles. The van der Waals surface area contributed by atoms with Crippen LogP contribution in [-0.4, -0.2) is 25.3 Å². The quantitative estimate of drug-likeness (QED) is 0.390. The summed E-state index contributed by atoms with van der Waals surface area (Å²) < 4.78 is 16.1. The van der Waals surface area contributed by atoms with Gasteiger partial charge in [0, 0.05) is 31.4 Å². The molecule has 0 aliphatic rings. The van der Waals surface area contributed by atoms with Crippen molar-refractivity contribution in [2.24, 2.45) is 0 Å². The average molecular weight is 418 g/mol. The number of methoxy groups -OCH3 is 2. The van der Waals surface area contributed by atoms with E-state index in [4.69, 9.17) is 14.2 Å². The van der Waals surface area contributed by atoms with Gasteiger partial charge in [0.2, 0.25) is 0 Å². The zero-order valence-electron chi connectivity index (χ0n) is 17.7. The van der Waals surface area contributed by atoms with Gasteiger partial charge in [-0.15, -0.1) is 0 Å². The van der Waals surface area contributed by atoms with Crippen LogP contribution in [0.4, 0.5) is 0 Å². The van der Waals surface area contributed by atoms with Gasteiger partial charge in [0.05, 0.1) is 13.2 Å². The molecule has 0 unspecified atom stereocenters. The number of carbonyl (C=O) groups excluding carboxylic acids is 1. The highest BCUT2D eigenvalue weighted by Gasteiger charge is 2.18. The van der Waals surface area contributed by atoms with E-state index in [1.54, 1.807) is 26.4 Å². The van der Waals surface area contributed by atoms with Gasteiger partial charge in [-0.3, -0.25) is 0 Å². The lowest BCUT2D eigenvalue weighted by molar-refractivity contribution is -0.141. The molecular weight excluding hydrogens is 392 g/mol. The van der Waals surface area contributed by atoms with Gasteiger partial charge >= 0.3 is 5.97 Å². The third-order valence-corrected chi connectivity index (χ3v) is 4.73. The molecule has 0 bridgehead atoms. The first-order valence-corrected chi connectivity index (χ1v) is 9.93. The molecule has 3 rings (SSSR count). The van der Waals surface area contributed by atoms with E-state index in [9.17, 15) is 9.90 Å². The maximum atomic E-state index is 12.7. The Morgan fingerprint density at radius 1 is 0.903 bits per heavy atom. The van der Waals surface area contributed by atoms with Crippen molar-refractivity contribution in [2.45, 2.75) is 19.3 Å². The van der Waals surface area contributed by atoms with Crippen LogP contribution in [0.5, 0.6) is 5.75 Å². The monoisotopic (exact) mass is 418 g/mol. The van der Waals surface area contributed by atoms with Crippen LogP contribution >= 0.6 is 0 Å². The number of rotatable bonds is 9. The highest BCUT2D eigenvalue weighted by atomic mass is 16.5. The predicted octanol–water partition coefficient (Wildman–Crippen LogP) is 5.03. The Hall–Kier alpha value is -3.41. The Morgan fingerprint density at radius 2 is 1.48 bits per heavy atom. The Morgan fingerprint density at radius 3 is 2.03 bits per heavy atom. The Labute approximate surface area is 182 Å². The summed E-state index contributed by atoms with van der Waals surface area (Å²) in [5.41, 5.74) is 3.74. The zero-order chi connectivity index (χ0) is 22.1. The lowest BCUT2D eigenvalue weighted by atomic mass is 10.0. The molecule has 0 aliphatic carbocycles. The van der Waals surface area contributed by atoms with E-state index in [1.807, 2.05) is 66.7 Å². The van der Waals surface area contributed by atoms with Crippen molar-refractivity contribution in [3.8, 4) is 5.75 Å². The molecule has 160 valence electrons. The molecule has 0 heterocycles. The van der Waals surface area contributed by atoms with Crippen LogP contribution in [0, 0.1) is 0 Å². The van der Waals surface area contributed by atoms with Crippen molar-refractivity contribution in [3.63, 3.8) is 0 Å². The minimum absolute atomic E-state index is 0.0634. The molecular formula is C26H26O5. The molecule has 0 spiro atoms. The lowest BCUT2D eigenvalue weighted by Gasteiger charge is -2.18. The summed E-state index contributed by atoms with van der Waals surface area (Å²) >= 11 is 0. The van der Waals surface area contributed by atoms with Crippen molar-refractivity contribution in [1.82, 2.24) is 0 Å². The van der Waals surface area contributed by atoms with Gasteiger partial charge in [-0.2, -0.15) is 0 Å². The smallest absolute Gasteiger partial charge is 0.331 e. The molecule has 0 fully saturated rings. The molecule has 1 N–H and O–H groups in total. The number of hydrogen-bond acceptors (Lipinski definition) is 5. The second kappa shape index (κ2) is 11.1. The second-order valence-corrected chi connectivity index (χ2v) is 7.03. The minimum atomic E-state index is -0.531. The van der Waals surface area contributed by atoms with Crippen molar-refractivity contribution >= 4 is 12.0 Å². The first kappa shape index (κ1) is 22.3. The van der Waals surface area contributed by atoms with E-state index in [0.29, 0.717) is 17.7 Å². The molecule has 5 heteroatoms. The summed E-state index contributed by atoms with van der Waals surface area (Å²) in [6.07, 6.45) is 2.33. The largest absolute Gasteiger partial charge is 0.507 e. The normalized spacial score (nSPS) is 11.2. The van der Waals surface area contributed by atoms with E-state index in [2.05, 4.69) is 0 Å². The summed E-state index contributed by atoms with van der Waals surface area (Å²) in [5, 5.41) is 10.5. The fourth-order valence-electron chi connectivity index (χ4n) is 3.33. The van der Waals surface area contributed by atoms with Crippen LogP contribution in [0.25, 0.3) is 6.08 Å².